The van der Waals surface area contributed by atoms with Gasteiger partial charge in [-0.15, -0.1) is 0 Å². The summed E-state index contributed by atoms with van der Waals surface area (Å²) < 4.78 is -0.112. The highest BCUT2D eigenvalue weighted by atomic mass is 32.2. The molecule has 0 aromatic heterocycles. The number of para-hydroxylation sites is 1. The summed E-state index contributed by atoms with van der Waals surface area (Å²) in [6.07, 6.45) is 7.45. The first-order valence-electron chi connectivity index (χ1n) is 8.43. The summed E-state index contributed by atoms with van der Waals surface area (Å²) in [6.45, 7) is 3.13. The van der Waals surface area contributed by atoms with Crippen LogP contribution in [0.1, 0.15) is 45.4 Å². The van der Waals surface area contributed by atoms with E-state index in [-0.39, 0.29) is 9.56 Å². The van der Waals surface area contributed by atoms with Crippen molar-refractivity contribution < 1.29 is 9.59 Å². The van der Waals surface area contributed by atoms with Crippen LogP contribution in [-0.2, 0) is 4.79 Å². The lowest BCUT2D eigenvalue weighted by atomic mass is 10.1. The molecule has 3 rings (SSSR count). The molecule has 6 heteroatoms. The first kappa shape index (κ1) is 18.0. The molecular formula is C18H21NO2S3. The summed E-state index contributed by atoms with van der Waals surface area (Å²) in [7, 11) is 0. The molecule has 0 spiro atoms. The maximum Gasteiger partial charge on any atom is 0.258 e. The summed E-state index contributed by atoms with van der Waals surface area (Å²) in [6, 6.07) is 8.24. The summed E-state index contributed by atoms with van der Waals surface area (Å²) in [5.74, 6) is 0. The fourth-order valence-corrected chi connectivity index (χ4v) is 5.99. The van der Waals surface area contributed by atoms with Crippen LogP contribution in [0.15, 0.2) is 39.1 Å². The number of hydrogen-bond donors (Lipinski definition) is 0. The average Bonchev–Trinajstić information content (AvgIpc) is 3.10. The molecule has 1 fully saturated rings. The van der Waals surface area contributed by atoms with Crippen molar-refractivity contribution >= 4 is 50.5 Å². The molecule has 2 heterocycles. The Morgan fingerprint density at radius 1 is 0.917 bits per heavy atom. The van der Waals surface area contributed by atoms with Crippen molar-refractivity contribution in [3.8, 4) is 0 Å². The van der Waals surface area contributed by atoms with Crippen LogP contribution in [0.5, 0.6) is 0 Å². The molecule has 128 valence electrons. The highest BCUT2D eigenvalue weighted by Crippen LogP contribution is 2.52. The molecule has 24 heavy (non-hydrogen) atoms. The molecule has 0 N–H and O–H groups in total. The Bertz CT molecular complexity index is 672. The number of rotatable bonds is 7. The molecule has 2 aliphatic rings. The zero-order chi connectivity index (χ0) is 16.9. The number of unbranched alkanes of at least 4 members (excludes halogenated alkanes) is 5. The molecule has 0 aliphatic carbocycles. The molecule has 1 aromatic rings. The van der Waals surface area contributed by atoms with E-state index in [2.05, 4.69) is 24.0 Å². The van der Waals surface area contributed by atoms with Gasteiger partial charge >= 0.3 is 0 Å². The van der Waals surface area contributed by atoms with Crippen LogP contribution in [0.2, 0.25) is 0 Å². The number of carbonyl (C=O) groups is 2. The minimum atomic E-state index is -0.112. The monoisotopic (exact) mass is 379 g/mol. The van der Waals surface area contributed by atoms with E-state index < -0.39 is 0 Å². The van der Waals surface area contributed by atoms with Gasteiger partial charge in [0.05, 0.1) is 10.7 Å². The third-order valence-corrected chi connectivity index (χ3v) is 7.33. The van der Waals surface area contributed by atoms with Gasteiger partial charge in [0.25, 0.3) is 4.45 Å². The summed E-state index contributed by atoms with van der Waals surface area (Å²) in [5, 5.41) is 0.839. The minimum absolute atomic E-state index is 0.103. The van der Waals surface area contributed by atoms with Crippen LogP contribution in [-0.4, -0.2) is 16.1 Å². The third kappa shape index (κ3) is 4.03. The Morgan fingerprint density at radius 2 is 1.67 bits per heavy atom. The van der Waals surface area contributed by atoms with Gasteiger partial charge in [0.1, 0.15) is 4.91 Å². The molecule has 0 radical (unpaired) electrons. The molecule has 2 aliphatic heterocycles. The lowest BCUT2D eigenvalue weighted by molar-refractivity contribution is -0.107. The smallest absolute Gasteiger partial charge is 0.258 e. The Balaban J connectivity index is 1.73. The van der Waals surface area contributed by atoms with Crippen molar-refractivity contribution in [2.45, 2.75) is 50.3 Å². The van der Waals surface area contributed by atoms with Gasteiger partial charge in [-0.2, -0.15) is 0 Å². The fourth-order valence-electron chi connectivity index (χ4n) is 2.88. The Morgan fingerprint density at radius 3 is 2.42 bits per heavy atom. The zero-order valence-corrected chi connectivity index (χ0v) is 16.2. The largest absolute Gasteiger partial charge is 0.334 e. The molecular weight excluding hydrogens is 358 g/mol. The second-order valence-electron chi connectivity index (χ2n) is 5.87. The topological polar surface area (TPSA) is 37.4 Å². The van der Waals surface area contributed by atoms with Gasteiger partial charge < -0.3 is 4.90 Å². The van der Waals surface area contributed by atoms with Crippen molar-refractivity contribution in [2.75, 3.05) is 11.4 Å². The predicted molar refractivity (Wildman–Crippen MR) is 106 cm³/mol. The van der Waals surface area contributed by atoms with Crippen LogP contribution in [0, 0.1) is 0 Å². The van der Waals surface area contributed by atoms with E-state index in [1.165, 1.54) is 37.0 Å². The number of anilines is 1. The van der Waals surface area contributed by atoms with Crippen molar-refractivity contribution in [1.82, 2.24) is 0 Å². The van der Waals surface area contributed by atoms with Crippen LogP contribution in [0.25, 0.3) is 0 Å². The van der Waals surface area contributed by atoms with E-state index in [9.17, 15) is 9.59 Å². The van der Waals surface area contributed by atoms with Crippen molar-refractivity contribution in [3.63, 3.8) is 0 Å². The highest BCUT2D eigenvalue weighted by Gasteiger charge is 2.36. The Labute approximate surface area is 156 Å². The van der Waals surface area contributed by atoms with E-state index in [0.29, 0.717) is 4.91 Å². The van der Waals surface area contributed by atoms with Gasteiger partial charge in [0.2, 0.25) is 5.12 Å². The zero-order valence-electron chi connectivity index (χ0n) is 13.7. The molecule has 0 bridgehead atoms. The Hall–Kier alpha value is -0.850. The van der Waals surface area contributed by atoms with Crippen LogP contribution >= 0.6 is 35.3 Å². The molecule has 0 saturated carbocycles. The van der Waals surface area contributed by atoms with E-state index in [1.54, 1.807) is 11.8 Å². The number of carbonyl (C=O) groups excluding carboxylic acids is 2. The second kappa shape index (κ2) is 8.50. The predicted octanol–water partition coefficient (Wildman–Crippen LogP) is 6.25. The number of nitrogens with zero attached hydrogens (tertiary/aromatic N) is 1. The third-order valence-electron chi connectivity index (χ3n) is 4.08. The first-order valence-corrected chi connectivity index (χ1v) is 10.9. The van der Waals surface area contributed by atoms with Gasteiger partial charge in [-0.3, -0.25) is 9.59 Å². The molecule has 1 aromatic carbocycles. The lowest BCUT2D eigenvalue weighted by Crippen LogP contribution is -2.20. The minimum Gasteiger partial charge on any atom is -0.334 e. The Kier molecular flexibility index (Phi) is 6.36. The van der Waals surface area contributed by atoms with E-state index in [0.717, 1.165) is 47.2 Å². The fraction of sp³-hybridized carbons (Fsp3) is 0.444. The van der Waals surface area contributed by atoms with Crippen LogP contribution < -0.4 is 4.90 Å². The van der Waals surface area contributed by atoms with Gasteiger partial charge in [-0.25, -0.2) is 0 Å². The number of fused-ring (bicyclic) bond motifs is 1. The molecule has 1 saturated heterocycles. The summed E-state index contributed by atoms with van der Waals surface area (Å²) in [5.41, 5.74) is 1.16. The lowest BCUT2D eigenvalue weighted by Gasteiger charge is -2.21. The second-order valence-corrected chi connectivity index (χ2v) is 9.08. The van der Waals surface area contributed by atoms with Gasteiger partial charge in [-0.1, -0.05) is 62.9 Å². The van der Waals surface area contributed by atoms with Crippen molar-refractivity contribution in [2.24, 2.45) is 0 Å². The summed E-state index contributed by atoms with van der Waals surface area (Å²) >= 11 is 3.53. The van der Waals surface area contributed by atoms with Gasteiger partial charge in [-0.05, 0) is 30.3 Å². The first-order chi connectivity index (χ1) is 11.7. The number of benzene rings is 1. The van der Waals surface area contributed by atoms with E-state index in [1.807, 2.05) is 12.1 Å². The standard InChI is InChI=1S/C18H21NO2S3/c1-2-3-4-5-6-9-12-19-13-10-7-8-11-14(13)22-16(19)15-17(20)24-18(21)23-15/h7-8,10-11H,2-6,9,12H2,1H3/b16-15+. The SMILES string of the molecule is CCCCCCCCN1/C(=C2\SC(=O)SC2=O)Sc2ccccc21. The highest BCUT2D eigenvalue weighted by molar-refractivity contribution is 8.51. The van der Waals surface area contributed by atoms with Gasteiger partial charge in [0, 0.05) is 23.2 Å². The average molecular weight is 380 g/mol. The summed E-state index contributed by atoms with van der Waals surface area (Å²) in [4.78, 5) is 27.8. The van der Waals surface area contributed by atoms with E-state index in [4.69, 9.17) is 0 Å². The molecule has 3 nitrogen and oxygen atoms in total. The molecule has 0 amide bonds. The van der Waals surface area contributed by atoms with Crippen molar-refractivity contribution in [3.05, 3.63) is 34.2 Å². The van der Waals surface area contributed by atoms with Crippen LogP contribution in [0.3, 0.4) is 0 Å². The quantitative estimate of drug-likeness (QED) is 0.411. The van der Waals surface area contributed by atoms with Crippen molar-refractivity contribution in [1.29, 1.82) is 0 Å². The van der Waals surface area contributed by atoms with Gasteiger partial charge in [0.15, 0.2) is 0 Å². The molecule has 0 unspecified atom stereocenters. The number of thioether (sulfide) groups is 3. The van der Waals surface area contributed by atoms with Crippen LogP contribution in [0.4, 0.5) is 10.5 Å². The maximum absolute atomic E-state index is 12.1. The normalized spacial score (nSPS) is 20.1. The molecule has 0 atom stereocenters. The maximum atomic E-state index is 12.1. The van der Waals surface area contributed by atoms with E-state index >= 15 is 0 Å². The number of hydrogen-bond acceptors (Lipinski definition) is 6.